The lowest BCUT2D eigenvalue weighted by molar-refractivity contribution is 1.15. The smallest absolute Gasteiger partial charge is 0.252 e. The van der Waals surface area contributed by atoms with Crippen LogP contribution in [-0.4, -0.2) is 15.8 Å². The number of hydrogen-bond donors (Lipinski definition) is 0. The lowest BCUT2D eigenvalue weighted by Crippen LogP contribution is -2.59. The molecule has 2 aromatic heterocycles. The summed E-state index contributed by atoms with van der Waals surface area (Å²) in [4.78, 5) is 0. The number of nitrogens with zero attached hydrogens (tertiary/aromatic N) is 2. The molecule has 0 unspecified atom stereocenters. The van der Waals surface area contributed by atoms with E-state index in [0.717, 1.165) is 0 Å². The zero-order valence-electron chi connectivity index (χ0n) is 37.3. The molecular weight excluding hydrogens is 832 g/mol. The SMILES string of the molecule is c1ccc(-c2ccc3c(c2)c2c4c5ccccc5c5ccccc5c4cc4c2n3-c2cccc3c2B4c2cc(-c4ccccc4)cc4c5ccc6c7ccccc7c7ccccc7c6c5n-3c24)cc1. The Kier molecular flexibility index (Phi) is 6.80. The second-order valence-electron chi connectivity index (χ2n) is 19.4. The maximum Gasteiger partial charge on any atom is 0.252 e. The molecule has 3 heteroatoms. The summed E-state index contributed by atoms with van der Waals surface area (Å²) in [6.07, 6.45) is 0. The highest BCUT2D eigenvalue weighted by atomic mass is 15.0. The maximum atomic E-state index is 2.68. The molecular formula is C66H37BN2. The first-order valence-corrected chi connectivity index (χ1v) is 24.2. The minimum atomic E-state index is -0.0365. The van der Waals surface area contributed by atoms with E-state index in [2.05, 4.69) is 234 Å². The summed E-state index contributed by atoms with van der Waals surface area (Å²) in [6.45, 7) is -0.0365. The Morgan fingerprint density at radius 2 is 0.739 bits per heavy atom. The van der Waals surface area contributed by atoms with Crippen LogP contribution in [0.3, 0.4) is 0 Å². The lowest BCUT2D eigenvalue weighted by Gasteiger charge is -2.34. The second kappa shape index (κ2) is 12.9. The Labute approximate surface area is 396 Å². The van der Waals surface area contributed by atoms with Gasteiger partial charge in [0.1, 0.15) is 0 Å². The van der Waals surface area contributed by atoms with E-state index >= 15 is 0 Å². The van der Waals surface area contributed by atoms with Crippen molar-refractivity contribution in [1.29, 1.82) is 0 Å². The zero-order valence-corrected chi connectivity index (χ0v) is 37.3. The first kappa shape index (κ1) is 36.2. The molecule has 0 radical (unpaired) electrons. The Hall–Kier alpha value is -8.92. The number of benzene rings is 13. The molecule has 0 N–H and O–H groups in total. The Morgan fingerprint density at radius 3 is 1.39 bits per heavy atom. The number of hydrogen-bond acceptors (Lipinski definition) is 0. The highest BCUT2D eigenvalue weighted by molar-refractivity contribution is 7.00. The molecule has 2 aliphatic rings. The predicted octanol–water partition coefficient (Wildman–Crippen LogP) is 15.3. The third-order valence-electron chi connectivity index (χ3n) is 16.2. The molecule has 0 spiro atoms. The third kappa shape index (κ3) is 4.49. The highest BCUT2D eigenvalue weighted by Crippen LogP contribution is 2.48. The molecule has 17 rings (SSSR count). The quantitative estimate of drug-likeness (QED) is 0.121. The summed E-state index contributed by atoms with van der Waals surface area (Å²) < 4.78 is 5.32. The topological polar surface area (TPSA) is 9.86 Å². The van der Waals surface area contributed by atoms with E-state index in [1.807, 2.05) is 0 Å². The summed E-state index contributed by atoms with van der Waals surface area (Å²) in [5.74, 6) is 0. The van der Waals surface area contributed by atoms with Gasteiger partial charge in [-0.25, -0.2) is 0 Å². The van der Waals surface area contributed by atoms with Crippen molar-refractivity contribution in [3.05, 3.63) is 224 Å². The summed E-state index contributed by atoms with van der Waals surface area (Å²) in [6, 6.07) is 85.0. The van der Waals surface area contributed by atoms with Crippen molar-refractivity contribution < 1.29 is 0 Å². The van der Waals surface area contributed by atoms with Gasteiger partial charge in [-0.05, 0) is 123 Å². The molecule has 314 valence electrons. The van der Waals surface area contributed by atoms with Gasteiger partial charge in [0, 0.05) is 49.2 Å². The molecule has 69 heavy (non-hydrogen) atoms. The molecule has 2 nitrogen and oxygen atoms in total. The Bertz CT molecular complexity index is 4790. The number of fused-ring (bicyclic) bond motifs is 24. The van der Waals surface area contributed by atoms with Gasteiger partial charge in [-0.2, -0.15) is 0 Å². The molecule has 0 atom stereocenters. The highest BCUT2D eigenvalue weighted by Gasteiger charge is 2.42. The van der Waals surface area contributed by atoms with Crippen molar-refractivity contribution in [1.82, 2.24) is 9.13 Å². The molecule has 13 aromatic carbocycles. The maximum absolute atomic E-state index is 2.68. The van der Waals surface area contributed by atoms with E-state index in [9.17, 15) is 0 Å². The minimum absolute atomic E-state index is 0.0365. The van der Waals surface area contributed by atoms with Crippen molar-refractivity contribution in [2.75, 3.05) is 0 Å². The van der Waals surface area contributed by atoms with Crippen molar-refractivity contribution in [3.63, 3.8) is 0 Å². The van der Waals surface area contributed by atoms with Crippen LogP contribution in [0, 0.1) is 0 Å². The van der Waals surface area contributed by atoms with Crippen molar-refractivity contribution in [3.8, 4) is 33.6 Å². The molecule has 0 saturated heterocycles. The molecule has 0 fully saturated rings. The van der Waals surface area contributed by atoms with Gasteiger partial charge in [0.2, 0.25) is 0 Å². The van der Waals surface area contributed by atoms with E-state index in [0.29, 0.717) is 0 Å². The van der Waals surface area contributed by atoms with Crippen molar-refractivity contribution in [2.24, 2.45) is 0 Å². The first-order chi connectivity index (χ1) is 34.3. The van der Waals surface area contributed by atoms with Crippen molar-refractivity contribution >= 4 is 131 Å². The van der Waals surface area contributed by atoms with Gasteiger partial charge >= 0.3 is 0 Å². The van der Waals surface area contributed by atoms with E-state index in [-0.39, 0.29) is 6.71 Å². The number of rotatable bonds is 2. The van der Waals surface area contributed by atoms with Crippen LogP contribution >= 0.6 is 0 Å². The molecule has 4 heterocycles. The average Bonchev–Trinajstić information content (AvgIpc) is 3.95. The fraction of sp³-hybridized carbons (Fsp3) is 0. The summed E-state index contributed by atoms with van der Waals surface area (Å²) in [7, 11) is 0. The molecule has 0 amide bonds. The fourth-order valence-corrected chi connectivity index (χ4v) is 13.5. The van der Waals surface area contributed by atoms with Crippen LogP contribution in [-0.2, 0) is 0 Å². The molecule has 2 aliphatic heterocycles. The van der Waals surface area contributed by atoms with Gasteiger partial charge in [-0.15, -0.1) is 0 Å². The standard InChI is InChI=1S/C66H37BN2/c1-3-16-38(17-4-1)40-30-33-57-54(34-40)62-60-48-26-13-11-22-44(48)43-21-8-10-25-47(43)52(60)37-56-66(62)68(57)58-28-15-29-59-63(58)67(56)55-36-41(39-18-5-2-6-19-39)35-53-51-32-31-50-46-24-9-7-20-42(46)45-23-12-14-27-49(45)61(50)65(51)69(59)64(53)55/h1-37H. The van der Waals surface area contributed by atoms with Crippen LogP contribution in [0.25, 0.3) is 142 Å². The number of aromatic nitrogens is 2. The molecule has 0 saturated carbocycles. The van der Waals surface area contributed by atoms with Gasteiger partial charge in [0.15, 0.2) is 0 Å². The first-order valence-electron chi connectivity index (χ1n) is 24.2. The van der Waals surface area contributed by atoms with Crippen LogP contribution < -0.4 is 16.4 Å². The summed E-state index contributed by atoms with van der Waals surface area (Å²) in [5.41, 5.74) is 16.6. The fourth-order valence-electron chi connectivity index (χ4n) is 13.5. The molecule has 0 bridgehead atoms. The third-order valence-corrected chi connectivity index (χ3v) is 16.2. The van der Waals surface area contributed by atoms with Crippen LogP contribution in [0.15, 0.2) is 224 Å². The van der Waals surface area contributed by atoms with Crippen molar-refractivity contribution in [2.45, 2.75) is 0 Å². The Morgan fingerprint density at radius 1 is 0.246 bits per heavy atom. The molecule has 15 aromatic rings. The van der Waals surface area contributed by atoms with Gasteiger partial charge in [0.05, 0.1) is 16.6 Å². The van der Waals surface area contributed by atoms with Gasteiger partial charge in [-0.1, -0.05) is 194 Å². The molecule has 0 aliphatic carbocycles. The van der Waals surface area contributed by atoms with Gasteiger partial charge in [-0.3, -0.25) is 0 Å². The van der Waals surface area contributed by atoms with Crippen LogP contribution in [0.1, 0.15) is 0 Å². The summed E-state index contributed by atoms with van der Waals surface area (Å²) in [5, 5.41) is 20.8. The van der Waals surface area contributed by atoms with Crippen LogP contribution in [0.2, 0.25) is 0 Å². The van der Waals surface area contributed by atoms with Gasteiger partial charge < -0.3 is 9.13 Å². The van der Waals surface area contributed by atoms with E-state index < -0.39 is 0 Å². The average molecular weight is 869 g/mol. The zero-order chi connectivity index (χ0) is 44.6. The van der Waals surface area contributed by atoms with E-state index in [4.69, 9.17) is 0 Å². The lowest BCUT2D eigenvalue weighted by atomic mass is 9.34. The van der Waals surface area contributed by atoms with E-state index in [1.165, 1.54) is 158 Å². The second-order valence-corrected chi connectivity index (χ2v) is 19.4. The normalized spacial score (nSPS) is 12.9. The summed E-state index contributed by atoms with van der Waals surface area (Å²) >= 11 is 0. The van der Waals surface area contributed by atoms with E-state index in [1.54, 1.807) is 0 Å². The van der Waals surface area contributed by atoms with Crippen LogP contribution in [0.4, 0.5) is 0 Å². The predicted molar refractivity (Wildman–Crippen MR) is 296 cm³/mol. The Balaban J connectivity index is 1.12. The minimum Gasteiger partial charge on any atom is -0.310 e. The van der Waals surface area contributed by atoms with Gasteiger partial charge in [0.25, 0.3) is 6.71 Å². The van der Waals surface area contributed by atoms with Crippen LogP contribution in [0.5, 0.6) is 0 Å². The largest absolute Gasteiger partial charge is 0.310 e. The monoisotopic (exact) mass is 868 g/mol.